The van der Waals surface area contributed by atoms with Crippen LogP contribution < -0.4 is 14.4 Å². The van der Waals surface area contributed by atoms with E-state index in [4.69, 9.17) is 19.2 Å². The van der Waals surface area contributed by atoms with Gasteiger partial charge < -0.3 is 19.1 Å². The average Bonchev–Trinajstić information content (AvgIpc) is 3.47. The molecule has 0 radical (unpaired) electrons. The molecule has 11 heteroatoms. The third kappa shape index (κ3) is 5.25. The van der Waals surface area contributed by atoms with Gasteiger partial charge in [0.1, 0.15) is 24.2 Å². The van der Waals surface area contributed by atoms with Crippen LogP contribution in [0.15, 0.2) is 55.1 Å². The lowest BCUT2D eigenvalue weighted by Crippen LogP contribution is -2.68. The summed E-state index contributed by atoms with van der Waals surface area (Å²) < 4.78 is 18.6. The summed E-state index contributed by atoms with van der Waals surface area (Å²) in [5.41, 5.74) is 4.28. The molecule has 2 bridgehead atoms. The first-order valence-corrected chi connectivity index (χ1v) is 14.5. The number of rotatable bonds is 9. The van der Waals surface area contributed by atoms with Crippen LogP contribution in [0.4, 0.5) is 5.82 Å². The Bertz CT molecular complexity index is 1570. The molecule has 4 aromatic heterocycles. The highest BCUT2D eigenvalue weighted by atomic mass is 16.5. The van der Waals surface area contributed by atoms with Gasteiger partial charge in [-0.05, 0) is 36.6 Å². The second kappa shape index (κ2) is 11.6. The quantitative estimate of drug-likeness (QED) is 0.300. The van der Waals surface area contributed by atoms with Gasteiger partial charge in [-0.15, -0.1) is 0 Å². The fourth-order valence-corrected chi connectivity index (χ4v) is 6.30. The molecule has 0 aliphatic carbocycles. The fourth-order valence-electron chi connectivity index (χ4n) is 6.30. The molecule has 2 atom stereocenters. The predicted molar refractivity (Wildman–Crippen MR) is 156 cm³/mol. The van der Waals surface area contributed by atoms with E-state index in [0.29, 0.717) is 42.6 Å². The number of nitrogens with zero attached hydrogens (tertiary/aromatic N) is 8. The lowest BCUT2D eigenvalue weighted by Gasteiger charge is -2.56. The highest BCUT2D eigenvalue weighted by Gasteiger charge is 2.44. The van der Waals surface area contributed by atoms with Crippen molar-refractivity contribution < 1.29 is 14.2 Å². The van der Waals surface area contributed by atoms with Crippen LogP contribution in [0.1, 0.15) is 24.0 Å². The lowest BCUT2D eigenvalue weighted by molar-refractivity contribution is -0.0181. The van der Waals surface area contributed by atoms with Gasteiger partial charge in [-0.25, -0.2) is 14.5 Å². The molecule has 4 saturated heterocycles. The summed E-state index contributed by atoms with van der Waals surface area (Å²) in [6.07, 6.45) is 9.50. The SMILES string of the molecule is COc1ccc(CN2C3CC2CN(c2ccc(-c4cc(OCCN5CCCOC5)cn5ncc(C#N)c45)cn2)C3)cn1. The predicted octanol–water partition coefficient (Wildman–Crippen LogP) is 3.19. The molecule has 0 saturated carbocycles. The van der Waals surface area contributed by atoms with Gasteiger partial charge in [-0.2, -0.15) is 10.4 Å². The number of fused-ring (bicyclic) bond motifs is 3. The Morgan fingerprint density at radius 3 is 2.71 bits per heavy atom. The first-order valence-electron chi connectivity index (χ1n) is 14.5. The highest BCUT2D eigenvalue weighted by Crippen LogP contribution is 2.36. The van der Waals surface area contributed by atoms with Crippen LogP contribution in [-0.4, -0.2) is 94.7 Å². The molecule has 0 spiro atoms. The van der Waals surface area contributed by atoms with Crippen LogP contribution >= 0.6 is 0 Å². The standard InChI is InChI=1S/C31H34N8O3/c1-40-30-6-3-22(14-34-30)17-38-25-11-26(38)19-37(18-25)29-5-4-23(15-33-29)28-12-27(20-39-31(28)24(13-32)16-35-39)42-10-8-36-7-2-9-41-21-36/h3-6,12,14-16,20,25-26H,2,7-11,17-19,21H2,1H3. The van der Waals surface area contributed by atoms with Crippen LogP contribution in [0, 0.1) is 11.3 Å². The van der Waals surface area contributed by atoms with Gasteiger partial charge in [0, 0.05) is 81.0 Å². The van der Waals surface area contributed by atoms with E-state index in [2.05, 4.69) is 49.1 Å². The molecule has 8 rings (SSSR count). The molecule has 0 N–H and O–H groups in total. The molecule has 4 aliphatic rings. The topological polar surface area (TPSA) is 104 Å². The minimum absolute atomic E-state index is 0.502. The second-order valence-corrected chi connectivity index (χ2v) is 11.1. The van der Waals surface area contributed by atoms with Crippen molar-refractivity contribution in [3.05, 3.63) is 66.2 Å². The normalized spacial score (nSPS) is 20.7. The van der Waals surface area contributed by atoms with Crippen molar-refractivity contribution in [2.75, 3.05) is 58.1 Å². The van der Waals surface area contributed by atoms with Crippen molar-refractivity contribution in [2.24, 2.45) is 0 Å². The molecule has 8 heterocycles. The van der Waals surface area contributed by atoms with Crippen LogP contribution in [-0.2, 0) is 11.3 Å². The second-order valence-electron chi connectivity index (χ2n) is 11.1. The molecule has 42 heavy (non-hydrogen) atoms. The van der Waals surface area contributed by atoms with E-state index >= 15 is 0 Å². The number of methoxy groups -OCH3 is 1. The Kier molecular flexibility index (Phi) is 7.34. The number of anilines is 1. The Balaban J connectivity index is 1.05. The lowest BCUT2D eigenvalue weighted by atomic mass is 9.87. The van der Waals surface area contributed by atoms with Crippen molar-refractivity contribution in [2.45, 2.75) is 31.5 Å². The van der Waals surface area contributed by atoms with E-state index in [1.807, 2.05) is 30.7 Å². The third-order valence-electron chi connectivity index (χ3n) is 8.52. The van der Waals surface area contributed by atoms with Gasteiger partial charge in [0.15, 0.2) is 0 Å². The minimum Gasteiger partial charge on any atom is -0.491 e. The minimum atomic E-state index is 0.502. The van der Waals surface area contributed by atoms with E-state index < -0.39 is 0 Å². The summed E-state index contributed by atoms with van der Waals surface area (Å²) >= 11 is 0. The maximum absolute atomic E-state index is 9.74. The summed E-state index contributed by atoms with van der Waals surface area (Å²) in [7, 11) is 1.64. The zero-order valence-corrected chi connectivity index (χ0v) is 23.7. The van der Waals surface area contributed by atoms with Crippen molar-refractivity contribution in [3.8, 4) is 28.8 Å². The van der Waals surface area contributed by atoms with E-state index in [9.17, 15) is 5.26 Å². The van der Waals surface area contributed by atoms with Gasteiger partial charge in [0.05, 0.1) is 37.3 Å². The van der Waals surface area contributed by atoms with E-state index in [1.165, 1.54) is 12.0 Å². The smallest absolute Gasteiger partial charge is 0.212 e. The molecular formula is C31H34N8O3. The molecule has 216 valence electrons. The van der Waals surface area contributed by atoms with Gasteiger partial charge >= 0.3 is 0 Å². The Morgan fingerprint density at radius 1 is 1.10 bits per heavy atom. The monoisotopic (exact) mass is 566 g/mol. The Hall–Kier alpha value is -4.24. The third-order valence-corrected chi connectivity index (χ3v) is 8.52. The molecule has 4 aliphatic heterocycles. The number of pyridine rings is 3. The largest absolute Gasteiger partial charge is 0.491 e. The van der Waals surface area contributed by atoms with Gasteiger partial charge in [-0.1, -0.05) is 6.07 Å². The van der Waals surface area contributed by atoms with Crippen LogP contribution in [0.3, 0.4) is 0 Å². The number of hydrogen-bond acceptors (Lipinski definition) is 10. The summed E-state index contributed by atoms with van der Waals surface area (Å²) in [4.78, 5) is 16.4. The van der Waals surface area contributed by atoms with Crippen molar-refractivity contribution in [1.29, 1.82) is 5.26 Å². The van der Waals surface area contributed by atoms with Gasteiger partial charge in [0.2, 0.25) is 5.88 Å². The van der Waals surface area contributed by atoms with E-state index in [-0.39, 0.29) is 0 Å². The fraction of sp³-hybridized carbons (Fsp3) is 0.419. The van der Waals surface area contributed by atoms with Crippen molar-refractivity contribution in [1.82, 2.24) is 29.4 Å². The number of nitriles is 1. The number of hydrogen-bond donors (Lipinski definition) is 0. The van der Waals surface area contributed by atoms with E-state index in [1.54, 1.807) is 17.8 Å². The first-order chi connectivity index (χ1) is 20.7. The zero-order valence-electron chi connectivity index (χ0n) is 23.7. The molecule has 2 unspecified atom stereocenters. The molecule has 4 aromatic rings. The number of aromatic nitrogens is 4. The Morgan fingerprint density at radius 2 is 2.00 bits per heavy atom. The molecular weight excluding hydrogens is 532 g/mol. The summed E-state index contributed by atoms with van der Waals surface area (Å²) in [6, 6.07) is 13.5. The van der Waals surface area contributed by atoms with Crippen molar-refractivity contribution >= 4 is 11.3 Å². The maximum atomic E-state index is 9.74. The van der Waals surface area contributed by atoms with E-state index in [0.717, 1.165) is 68.2 Å². The molecule has 0 amide bonds. The average molecular weight is 567 g/mol. The van der Waals surface area contributed by atoms with Crippen LogP contribution in [0.25, 0.3) is 16.6 Å². The number of ether oxygens (including phenoxy) is 3. The maximum Gasteiger partial charge on any atom is 0.212 e. The summed E-state index contributed by atoms with van der Waals surface area (Å²) in [5.74, 6) is 2.32. The number of piperazine rings is 1. The summed E-state index contributed by atoms with van der Waals surface area (Å²) in [5, 5.41) is 14.2. The van der Waals surface area contributed by atoms with Crippen LogP contribution in [0.2, 0.25) is 0 Å². The highest BCUT2D eigenvalue weighted by molar-refractivity contribution is 5.85. The molecule has 4 fully saturated rings. The Labute approximate surface area is 244 Å². The summed E-state index contributed by atoms with van der Waals surface area (Å²) in [6.45, 7) is 6.62. The number of piperidine rings is 1. The van der Waals surface area contributed by atoms with Gasteiger partial charge in [0.25, 0.3) is 0 Å². The molecule has 0 aromatic carbocycles. The zero-order chi connectivity index (χ0) is 28.5. The van der Waals surface area contributed by atoms with Gasteiger partial charge in [-0.3, -0.25) is 9.80 Å². The van der Waals surface area contributed by atoms with Crippen molar-refractivity contribution in [3.63, 3.8) is 0 Å². The first kappa shape index (κ1) is 26.6. The molecule has 11 nitrogen and oxygen atoms in total. The van der Waals surface area contributed by atoms with Crippen LogP contribution in [0.5, 0.6) is 11.6 Å².